The summed E-state index contributed by atoms with van der Waals surface area (Å²) in [7, 11) is 2.86. The van der Waals surface area contributed by atoms with Gasteiger partial charge in [0.25, 0.3) is 0 Å². The Morgan fingerprint density at radius 3 is 2.50 bits per heavy atom. The van der Waals surface area contributed by atoms with E-state index in [1.165, 1.54) is 20.5 Å². The molecule has 0 N–H and O–H groups in total. The van der Waals surface area contributed by atoms with E-state index in [4.69, 9.17) is 24.0 Å². The Morgan fingerprint density at radius 1 is 1.09 bits per heavy atom. The van der Waals surface area contributed by atoms with Crippen LogP contribution in [-0.4, -0.2) is 57.2 Å². The summed E-state index contributed by atoms with van der Waals surface area (Å²) in [6.45, 7) is 9.60. The second kappa shape index (κ2) is 12.2. The average molecular weight is 467 g/mol. The molecule has 0 aromatic heterocycles. The monoisotopic (exact) mass is 466 g/mol. The summed E-state index contributed by atoms with van der Waals surface area (Å²) < 4.78 is 21.7. The van der Waals surface area contributed by atoms with Crippen molar-refractivity contribution in [2.24, 2.45) is 5.10 Å². The van der Waals surface area contributed by atoms with Crippen LogP contribution in [0.5, 0.6) is 5.75 Å². The van der Waals surface area contributed by atoms with E-state index in [0.717, 1.165) is 53.2 Å². The highest BCUT2D eigenvalue weighted by Gasteiger charge is 2.18. The highest BCUT2D eigenvalue weighted by atomic mass is 16.5. The number of methoxy groups -OCH3 is 2. The largest absolute Gasteiger partial charge is 0.503 e. The number of rotatable bonds is 9. The number of hydrogen-bond donors (Lipinski definition) is 0. The number of hydrogen-bond acceptors (Lipinski definition) is 7. The molecule has 0 spiro atoms. The van der Waals surface area contributed by atoms with Crippen LogP contribution < -0.4 is 4.74 Å². The quantitative estimate of drug-likeness (QED) is 0.235. The van der Waals surface area contributed by atoms with E-state index < -0.39 is 5.97 Å². The first-order valence-corrected chi connectivity index (χ1v) is 11.5. The van der Waals surface area contributed by atoms with Crippen molar-refractivity contribution in [2.45, 2.75) is 33.8 Å². The van der Waals surface area contributed by atoms with E-state index in [9.17, 15) is 4.79 Å². The highest BCUT2D eigenvalue weighted by Crippen LogP contribution is 2.27. The third kappa shape index (κ3) is 6.17. The molecule has 0 atom stereocenters. The van der Waals surface area contributed by atoms with Gasteiger partial charge in [-0.05, 0) is 54.7 Å². The second-order valence-electron chi connectivity index (χ2n) is 8.10. The Hall–Kier alpha value is -3.32. The van der Waals surface area contributed by atoms with Crippen molar-refractivity contribution in [2.75, 3.05) is 40.5 Å². The fraction of sp³-hybridized carbons (Fsp3) is 0.407. The Kier molecular flexibility index (Phi) is 9.10. The van der Waals surface area contributed by atoms with E-state index in [0.29, 0.717) is 31.0 Å². The van der Waals surface area contributed by atoms with Crippen molar-refractivity contribution in [1.82, 2.24) is 5.01 Å². The molecule has 0 saturated carbocycles. The third-order valence-electron chi connectivity index (χ3n) is 5.75. The van der Waals surface area contributed by atoms with Gasteiger partial charge in [0, 0.05) is 5.56 Å². The van der Waals surface area contributed by atoms with Crippen LogP contribution in [0.25, 0.3) is 5.57 Å². The van der Waals surface area contributed by atoms with Gasteiger partial charge in [0.1, 0.15) is 17.9 Å². The predicted octanol–water partition coefficient (Wildman–Crippen LogP) is 4.49. The molecular formula is C27H34N2O5. The molecule has 2 aromatic carbocycles. The van der Waals surface area contributed by atoms with Crippen molar-refractivity contribution in [3.8, 4) is 5.75 Å². The molecule has 1 fully saturated rings. The number of carbonyl (C=O) groups is 1. The molecule has 2 aromatic rings. The molecule has 1 aliphatic rings. The summed E-state index contributed by atoms with van der Waals surface area (Å²) in [6.07, 6.45) is 2.24. The van der Waals surface area contributed by atoms with Gasteiger partial charge in [-0.15, -0.1) is 0 Å². The van der Waals surface area contributed by atoms with E-state index in [-0.39, 0.29) is 0 Å². The maximum absolute atomic E-state index is 12.3. The maximum atomic E-state index is 12.3. The molecule has 182 valence electrons. The second-order valence-corrected chi connectivity index (χ2v) is 8.10. The smallest absolute Gasteiger partial charge is 0.341 e. The lowest BCUT2D eigenvalue weighted by molar-refractivity contribution is -0.133. The zero-order valence-electron chi connectivity index (χ0n) is 20.7. The minimum Gasteiger partial charge on any atom is -0.503 e. The lowest BCUT2D eigenvalue weighted by Crippen LogP contribution is -2.33. The van der Waals surface area contributed by atoms with Crippen LogP contribution in [0.4, 0.5) is 0 Å². The maximum Gasteiger partial charge on any atom is 0.341 e. The van der Waals surface area contributed by atoms with Gasteiger partial charge in [0.05, 0.1) is 52.5 Å². The molecule has 1 heterocycles. The van der Waals surface area contributed by atoms with Crippen molar-refractivity contribution in [3.63, 3.8) is 0 Å². The summed E-state index contributed by atoms with van der Waals surface area (Å²) >= 11 is 0. The molecule has 0 amide bonds. The average Bonchev–Trinajstić information content (AvgIpc) is 2.86. The van der Waals surface area contributed by atoms with E-state index >= 15 is 0 Å². The minimum absolute atomic E-state index is 0.302. The van der Waals surface area contributed by atoms with Crippen LogP contribution in [0.2, 0.25) is 0 Å². The Bertz CT molecular complexity index is 1050. The van der Waals surface area contributed by atoms with Gasteiger partial charge in [-0.2, -0.15) is 5.10 Å². The molecule has 0 bridgehead atoms. The molecule has 1 saturated heterocycles. The highest BCUT2D eigenvalue weighted by molar-refractivity contribution is 6.16. The first-order valence-electron chi connectivity index (χ1n) is 11.5. The van der Waals surface area contributed by atoms with E-state index in [2.05, 4.69) is 31.0 Å². The number of esters is 1. The molecule has 7 nitrogen and oxygen atoms in total. The zero-order valence-corrected chi connectivity index (χ0v) is 20.7. The number of carbonyl (C=O) groups excluding carboxylic acids is 1. The topological polar surface area (TPSA) is 69.6 Å². The summed E-state index contributed by atoms with van der Waals surface area (Å²) in [5.74, 6) is 0.338. The molecule has 34 heavy (non-hydrogen) atoms. The molecule has 7 heteroatoms. The van der Waals surface area contributed by atoms with Gasteiger partial charge in [0.15, 0.2) is 0 Å². The Balaban J connectivity index is 1.83. The van der Waals surface area contributed by atoms with Gasteiger partial charge in [-0.1, -0.05) is 31.2 Å². The number of ether oxygens (including phenoxy) is 4. The molecule has 0 aliphatic carbocycles. The van der Waals surface area contributed by atoms with Crippen LogP contribution in [-0.2, 0) is 25.6 Å². The Labute approximate surface area is 202 Å². The van der Waals surface area contributed by atoms with E-state index in [1.54, 1.807) is 0 Å². The van der Waals surface area contributed by atoms with Crippen LogP contribution in [0.1, 0.15) is 41.2 Å². The summed E-state index contributed by atoms with van der Waals surface area (Å²) in [4.78, 5) is 12.3. The number of aryl methyl sites for hydroxylation is 2. The number of nitrogens with zero attached hydrogens (tertiary/aromatic N) is 2. The molecular weight excluding hydrogens is 432 g/mol. The van der Waals surface area contributed by atoms with Crippen LogP contribution in [0, 0.1) is 13.8 Å². The van der Waals surface area contributed by atoms with Crippen LogP contribution in [0.15, 0.2) is 47.8 Å². The molecule has 0 unspecified atom stereocenters. The SMILES string of the molecule is CC/C(=N\N1CCOCC1)c1cc(C)c(OCc2ccccc2/C(=C\OC)C(=O)OC)cc1C. The number of benzene rings is 2. The van der Waals surface area contributed by atoms with Crippen LogP contribution >= 0.6 is 0 Å². The van der Waals surface area contributed by atoms with Crippen molar-refractivity contribution in [1.29, 1.82) is 0 Å². The standard InChI is InChI=1S/C27H34N2O5/c1-6-25(28-29-11-13-33-14-12-29)23-15-20(3)26(16-19(23)2)34-17-21-9-7-8-10-22(21)24(18-31-4)27(30)32-5/h7-10,15-16,18H,6,11-14,17H2,1-5H3/b24-18+,28-25+. The molecule has 0 radical (unpaired) electrons. The predicted molar refractivity (Wildman–Crippen MR) is 133 cm³/mol. The van der Waals surface area contributed by atoms with Crippen molar-refractivity contribution >= 4 is 17.3 Å². The van der Waals surface area contributed by atoms with Gasteiger partial charge in [0.2, 0.25) is 0 Å². The summed E-state index contributed by atoms with van der Waals surface area (Å²) in [6, 6.07) is 11.8. The van der Waals surface area contributed by atoms with Gasteiger partial charge in [-0.25, -0.2) is 4.79 Å². The lowest BCUT2D eigenvalue weighted by Gasteiger charge is -2.25. The summed E-state index contributed by atoms with van der Waals surface area (Å²) in [5.41, 5.74) is 6.26. The lowest BCUT2D eigenvalue weighted by atomic mass is 9.99. The third-order valence-corrected chi connectivity index (χ3v) is 5.75. The fourth-order valence-electron chi connectivity index (χ4n) is 3.91. The van der Waals surface area contributed by atoms with Crippen molar-refractivity contribution < 1.29 is 23.7 Å². The fourth-order valence-corrected chi connectivity index (χ4v) is 3.91. The first kappa shape index (κ1) is 25.3. The normalized spacial score (nSPS) is 14.7. The Morgan fingerprint density at radius 2 is 1.82 bits per heavy atom. The van der Waals surface area contributed by atoms with Crippen LogP contribution in [0.3, 0.4) is 0 Å². The minimum atomic E-state index is -0.461. The molecule has 3 rings (SSSR count). The first-order chi connectivity index (χ1) is 16.5. The van der Waals surface area contributed by atoms with Gasteiger partial charge < -0.3 is 18.9 Å². The molecule has 1 aliphatic heterocycles. The number of hydrazone groups is 1. The number of morpholine rings is 1. The summed E-state index contributed by atoms with van der Waals surface area (Å²) in [5, 5.41) is 6.98. The van der Waals surface area contributed by atoms with Gasteiger partial charge in [-0.3, -0.25) is 5.01 Å². The van der Waals surface area contributed by atoms with E-state index in [1.807, 2.05) is 31.2 Å². The van der Waals surface area contributed by atoms with Crippen molar-refractivity contribution in [3.05, 3.63) is 70.5 Å². The zero-order chi connectivity index (χ0) is 24.5. The van der Waals surface area contributed by atoms with Gasteiger partial charge >= 0.3 is 5.97 Å².